The summed E-state index contributed by atoms with van der Waals surface area (Å²) in [7, 11) is 0. The van der Waals surface area contributed by atoms with Gasteiger partial charge in [-0.25, -0.2) is 0 Å². The predicted molar refractivity (Wildman–Crippen MR) is 43.2 cm³/mol. The molecule has 1 aliphatic carbocycles. The minimum atomic E-state index is -0.149. The van der Waals surface area contributed by atoms with Crippen LogP contribution in [0.25, 0.3) is 0 Å². The Balaban J connectivity index is 2.25. The zero-order chi connectivity index (χ0) is 8.55. The molecule has 0 saturated carbocycles. The molecule has 1 unspecified atom stereocenters. The molecule has 1 N–H and O–H groups in total. The smallest absolute Gasteiger partial charge is 0.233 e. The molecule has 0 aromatic carbocycles. The van der Waals surface area contributed by atoms with Crippen LogP contribution < -0.4 is 5.32 Å². The first-order valence-corrected chi connectivity index (χ1v) is 4.30. The van der Waals surface area contributed by atoms with E-state index < -0.39 is 0 Å². The van der Waals surface area contributed by atoms with Gasteiger partial charge < -0.3 is 0 Å². The van der Waals surface area contributed by atoms with E-state index in [1.54, 1.807) is 0 Å². The summed E-state index contributed by atoms with van der Waals surface area (Å²) in [6.45, 7) is 0. The normalized spacial score (nSPS) is 29.0. The van der Waals surface area contributed by atoms with E-state index in [-0.39, 0.29) is 17.7 Å². The number of nitrogens with one attached hydrogen (secondary N) is 1. The Morgan fingerprint density at radius 1 is 1.42 bits per heavy atom. The molecule has 0 aromatic heterocycles. The number of hydrogen-bond donors (Lipinski definition) is 1. The molecular formula is C9H11NO2. The average molecular weight is 165 g/mol. The van der Waals surface area contributed by atoms with Crippen molar-refractivity contribution in [3.05, 3.63) is 11.6 Å². The average Bonchev–Trinajstić information content (AvgIpc) is 2.04. The third-order valence-electron chi connectivity index (χ3n) is 2.49. The number of fused-ring (bicyclic) bond motifs is 1. The molecule has 3 nitrogen and oxygen atoms in total. The third kappa shape index (κ3) is 1.15. The molecule has 64 valence electrons. The molecule has 0 spiro atoms. The van der Waals surface area contributed by atoms with Crippen molar-refractivity contribution in [2.24, 2.45) is 5.92 Å². The lowest BCUT2D eigenvalue weighted by Crippen LogP contribution is -2.42. The molecule has 3 heteroatoms. The number of carbonyl (C=O) groups excluding carboxylic acids is 2. The van der Waals surface area contributed by atoms with Crippen LogP contribution in [-0.2, 0) is 9.59 Å². The molecular weight excluding hydrogens is 154 g/mol. The van der Waals surface area contributed by atoms with Crippen LogP contribution in [0.2, 0.25) is 0 Å². The highest BCUT2D eigenvalue weighted by molar-refractivity contribution is 6.02. The summed E-state index contributed by atoms with van der Waals surface area (Å²) in [4.78, 5) is 22.2. The van der Waals surface area contributed by atoms with Gasteiger partial charge in [-0.2, -0.15) is 0 Å². The fraction of sp³-hybridized carbons (Fsp3) is 0.556. The van der Waals surface area contributed by atoms with Gasteiger partial charge in [0.2, 0.25) is 11.8 Å². The first kappa shape index (κ1) is 7.53. The van der Waals surface area contributed by atoms with Gasteiger partial charge in [0.05, 0.1) is 5.92 Å². The van der Waals surface area contributed by atoms with Crippen LogP contribution >= 0.6 is 0 Å². The molecule has 0 aromatic rings. The van der Waals surface area contributed by atoms with Crippen molar-refractivity contribution in [3.63, 3.8) is 0 Å². The predicted octanol–water partition coefficient (Wildman–Crippen LogP) is 0.759. The van der Waals surface area contributed by atoms with E-state index in [1.807, 2.05) is 6.08 Å². The lowest BCUT2D eigenvalue weighted by atomic mass is 9.83. The summed E-state index contributed by atoms with van der Waals surface area (Å²) in [5.41, 5.74) is 1.04. The van der Waals surface area contributed by atoms with E-state index in [1.165, 1.54) is 0 Å². The van der Waals surface area contributed by atoms with Crippen molar-refractivity contribution in [1.29, 1.82) is 0 Å². The molecule has 1 saturated heterocycles. The minimum Gasteiger partial charge on any atom is -0.296 e. The zero-order valence-electron chi connectivity index (χ0n) is 6.80. The van der Waals surface area contributed by atoms with Gasteiger partial charge in [0.25, 0.3) is 0 Å². The molecule has 2 amide bonds. The van der Waals surface area contributed by atoms with E-state index >= 15 is 0 Å². The number of piperidine rings is 1. The summed E-state index contributed by atoms with van der Waals surface area (Å²) >= 11 is 0. The highest BCUT2D eigenvalue weighted by Gasteiger charge is 2.31. The Labute approximate surface area is 70.8 Å². The van der Waals surface area contributed by atoms with E-state index in [0.717, 1.165) is 24.8 Å². The summed E-state index contributed by atoms with van der Waals surface area (Å²) in [6, 6.07) is 0. The van der Waals surface area contributed by atoms with Gasteiger partial charge in [-0.1, -0.05) is 11.6 Å². The quantitative estimate of drug-likeness (QED) is 0.425. The topological polar surface area (TPSA) is 46.2 Å². The van der Waals surface area contributed by atoms with Crippen LogP contribution in [0.5, 0.6) is 0 Å². The van der Waals surface area contributed by atoms with E-state index in [2.05, 4.69) is 5.32 Å². The fourth-order valence-electron chi connectivity index (χ4n) is 1.89. The van der Waals surface area contributed by atoms with Gasteiger partial charge >= 0.3 is 0 Å². The van der Waals surface area contributed by atoms with Crippen LogP contribution in [0.1, 0.15) is 25.7 Å². The minimum absolute atomic E-state index is 0.00329. The molecule has 0 radical (unpaired) electrons. The standard InChI is InChI=1S/C9H11NO2/c11-8-5-6-3-1-2-4-7(6)9(12)10-8/h3,7H,1-2,4-5H2,(H,10,11,12). The zero-order valence-corrected chi connectivity index (χ0v) is 6.80. The van der Waals surface area contributed by atoms with Gasteiger partial charge in [0.15, 0.2) is 0 Å². The maximum absolute atomic E-state index is 11.3. The van der Waals surface area contributed by atoms with Gasteiger partial charge in [-0.15, -0.1) is 0 Å². The molecule has 1 aliphatic heterocycles. The van der Waals surface area contributed by atoms with Crippen molar-refractivity contribution in [2.45, 2.75) is 25.7 Å². The number of hydrogen-bond acceptors (Lipinski definition) is 2. The number of carbonyl (C=O) groups is 2. The van der Waals surface area contributed by atoms with Crippen LogP contribution in [0, 0.1) is 5.92 Å². The number of amides is 2. The van der Waals surface area contributed by atoms with E-state index in [0.29, 0.717) is 6.42 Å². The van der Waals surface area contributed by atoms with Crippen molar-refractivity contribution in [1.82, 2.24) is 5.32 Å². The largest absolute Gasteiger partial charge is 0.296 e. The molecule has 1 fully saturated rings. The summed E-state index contributed by atoms with van der Waals surface area (Å²) < 4.78 is 0. The number of rotatable bonds is 0. The maximum Gasteiger partial charge on any atom is 0.233 e. The summed E-state index contributed by atoms with van der Waals surface area (Å²) in [6.07, 6.45) is 5.47. The lowest BCUT2D eigenvalue weighted by molar-refractivity contribution is -0.134. The van der Waals surface area contributed by atoms with Crippen LogP contribution in [0.4, 0.5) is 0 Å². The molecule has 1 heterocycles. The molecule has 12 heavy (non-hydrogen) atoms. The lowest BCUT2D eigenvalue weighted by Gasteiger charge is -2.26. The second-order valence-electron chi connectivity index (χ2n) is 3.35. The SMILES string of the molecule is O=C1CC2=CCCCC2C(=O)N1. The summed E-state index contributed by atoms with van der Waals surface area (Å²) in [5.74, 6) is -0.252. The van der Waals surface area contributed by atoms with Crippen molar-refractivity contribution in [3.8, 4) is 0 Å². The Morgan fingerprint density at radius 2 is 2.25 bits per heavy atom. The number of allylic oxidation sites excluding steroid dienone is 1. The van der Waals surface area contributed by atoms with E-state index in [9.17, 15) is 9.59 Å². The Bertz CT molecular complexity index is 268. The molecule has 0 bridgehead atoms. The molecule has 1 atom stereocenters. The molecule has 2 rings (SSSR count). The van der Waals surface area contributed by atoms with Crippen LogP contribution in [0.15, 0.2) is 11.6 Å². The maximum atomic E-state index is 11.3. The fourth-order valence-corrected chi connectivity index (χ4v) is 1.89. The van der Waals surface area contributed by atoms with E-state index in [4.69, 9.17) is 0 Å². The van der Waals surface area contributed by atoms with Crippen LogP contribution in [-0.4, -0.2) is 11.8 Å². The van der Waals surface area contributed by atoms with Crippen molar-refractivity contribution in [2.75, 3.05) is 0 Å². The van der Waals surface area contributed by atoms with Gasteiger partial charge in [0.1, 0.15) is 0 Å². The summed E-state index contributed by atoms with van der Waals surface area (Å²) in [5, 5.41) is 2.36. The number of imide groups is 1. The second kappa shape index (κ2) is 2.73. The second-order valence-corrected chi connectivity index (χ2v) is 3.35. The first-order valence-electron chi connectivity index (χ1n) is 4.30. The Kier molecular flexibility index (Phi) is 1.71. The Hall–Kier alpha value is -1.12. The highest BCUT2D eigenvalue weighted by Crippen LogP contribution is 2.29. The highest BCUT2D eigenvalue weighted by atomic mass is 16.2. The van der Waals surface area contributed by atoms with Gasteiger partial charge in [0, 0.05) is 6.42 Å². The van der Waals surface area contributed by atoms with Crippen molar-refractivity contribution >= 4 is 11.8 Å². The van der Waals surface area contributed by atoms with Gasteiger partial charge in [-0.05, 0) is 19.3 Å². The molecule has 2 aliphatic rings. The van der Waals surface area contributed by atoms with Crippen LogP contribution in [0.3, 0.4) is 0 Å². The first-order chi connectivity index (χ1) is 5.77. The van der Waals surface area contributed by atoms with Crippen molar-refractivity contribution < 1.29 is 9.59 Å². The Morgan fingerprint density at radius 3 is 3.08 bits per heavy atom. The monoisotopic (exact) mass is 165 g/mol. The third-order valence-corrected chi connectivity index (χ3v) is 2.49. The van der Waals surface area contributed by atoms with Gasteiger partial charge in [-0.3, -0.25) is 14.9 Å².